The molecule has 0 radical (unpaired) electrons. The van der Waals surface area contributed by atoms with Crippen LogP contribution in [0.1, 0.15) is 11.5 Å². The highest BCUT2D eigenvalue weighted by Gasteiger charge is 1.96. The molecule has 52 valence electrons. The van der Waals surface area contributed by atoms with Crippen molar-refractivity contribution in [3.63, 3.8) is 0 Å². The fourth-order valence-corrected chi connectivity index (χ4v) is 0.631. The van der Waals surface area contributed by atoms with E-state index in [4.69, 9.17) is 9.78 Å². The Balaban J connectivity index is 2.52. The topological polar surface area (TPSA) is 61.9 Å². The predicted molar refractivity (Wildman–Crippen MR) is 33.7 cm³/mol. The molecule has 4 heteroatoms. The average molecular weight is 137 g/mol. The second kappa shape index (κ2) is 2.87. The minimum Gasteiger partial charge on any atom is -0.361 e. The van der Waals surface area contributed by atoms with Gasteiger partial charge >= 0.3 is 0 Å². The zero-order valence-corrected chi connectivity index (χ0v) is 5.59. The second-order valence-electron chi connectivity index (χ2n) is 1.89. The van der Waals surface area contributed by atoms with Gasteiger partial charge in [-0.1, -0.05) is 5.16 Å². The highest BCUT2D eigenvalue weighted by Crippen LogP contribution is 1.99. The van der Waals surface area contributed by atoms with Crippen LogP contribution in [-0.2, 0) is 6.54 Å². The van der Waals surface area contributed by atoms with E-state index in [-0.39, 0.29) is 0 Å². The highest BCUT2D eigenvalue weighted by molar-refractivity contribution is 5.03. The Kier molecular flexibility index (Phi) is 1.90. The molecular formula is C6H7N3O. The van der Waals surface area contributed by atoms with Gasteiger partial charge in [0, 0.05) is 6.07 Å². The van der Waals surface area contributed by atoms with Crippen molar-refractivity contribution in [3.8, 4) is 6.19 Å². The van der Waals surface area contributed by atoms with E-state index in [1.54, 1.807) is 12.3 Å². The van der Waals surface area contributed by atoms with Crippen LogP contribution in [0.4, 0.5) is 0 Å². The smallest absolute Gasteiger partial charge is 0.176 e. The second-order valence-corrected chi connectivity index (χ2v) is 1.89. The normalized spacial score (nSPS) is 8.80. The van der Waals surface area contributed by atoms with Gasteiger partial charge < -0.3 is 9.84 Å². The lowest BCUT2D eigenvalue weighted by atomic mass is 10.4. The molecule has 10 heavy (non-hydrogen) atoms. The zero-order valence-electron chi connectivity index (χ0n) is 5.59. The van der Waals surface area contributed by atoms with Crippen LogP contribution in [0.15, 0.2) is 10.6 Å². The Hall–Kier alpha value is -1.50. The molecule has 0 unspecified atom stereocenters. The molecule has 0 bridgehead atoms. The molecule has 0 saturated carbocycles. The molecule has 0 spiro atoms. The molecule has 1 aromatic rings. The molecule has 0 aliphatic carbocycles. The minimum atomic E-state index is 0.438. The molecule has 0 aliphatic heterocycles. The molecule has 0 saturated heterocycles. The summed E-state index contributed by atoms with van der Waals surface area (Å²) in [6.45, 7) is 2.25. The van der Waals surface area contributed by atoms with Gasteiger partial charge in [0.2, 0.25) is 0 Å². The van der Waals surface area contributed by atoms with E-state index < -0.39 is 0 Å². The van der Waals surface area contributed by atoms with Crippen LogP contribution >= 0.6 is 0 Å². The van der Waals surface area contributed by atoms with E-state index in [2.05, 4.69) is 10.5 Å². The van der Waals surface area contributed by atoms with Crippen LogP contribution in [-0.4, -0.2) is 5.16 Å². The number of aromatic nitrogens is 1. The number of nitrogens with zero attached hydrogens (tertiary/aromatic N) is 2. The summed E-state index contributed by atoms with van der Waals surface area (Å²) in [5.74, 6) is 0.759. The van der Waals surface area contributed by atoms with Gasteiger partial charge in [-0.05, 0) is 6.92 Å². The van der Waals surface area contributed by atoms with Crippen LogP contribution < -0.4 is 5.32 Å². The lowest BCUT2D eigenvalue weighted by Crippen LogP contribution is -2.04. The van der Waals surface area contributed by atoms with Crippen molar-refractivity contribution in [1.82, 2.24) is 10.5 Å². The van der Waals surface area contributed by atoms with Crippen molar-refractivity contribution in [2.24, 2.45) is 0 Å². The minimum absolute atomic E-state index is 0.438. The highest BCUT2D eigenvalue weighted by atomic mass is 16.5. The SMILES string of the molecule is Cc1cc(CNC#N)no1. The van der Waals surface area contributed by atoms with Gasteiger partial charge in [0.25, 0.3) is 0 Å². The first-order valence-corrected chi connectivity index (χ1v) is 2.87. The summed E-state index contributed by atoms with van der Waals surface area (Å²) in [6, 6.07) is 1.78. The Labute approximate surface area is 58.4 Å². The number of hydrogen-bond acceptors (Lipinski definition) is 4. The summed E-state index contributed by atoms with van der Waals surface area (Å²) in [5, 5.41) is 14.2. The van der Waals surface area contributed by atoms with Crippen molar-refractivity contribution >= 4 is 0 Å². The maximum atomic E-state index is 8.11. The predicted octanol–water partition coefficient (Wildman–Crippen LogP) is 0.554. The quantitative estimate of drug-likeness (QED) is 0.477. The standard InChI is InChI=1S/C6H7N3O/c1-5-2-6(9-10-5)3-8-4-7/h2,8H,3H2,1H3. The van der Waals surface area contributed by atoms with Gasteiger partial charge in [0.15, 0.2) is 6.19 Å². The molecular weight excluding hydrogens is 130 g/mol. The maximum absolute atomic E-state index is 8.11. The first kappa shape index (κ1) is 6.62. The Morgan fingerprint density at radius 2 is 2.70 bits per heavy atom. The van der Waals surface area contributed by atoms with E-state index in [1.165, 1.54) is 0 Å². The molecule has 0 atom stereocenters. The van der Waals surface area contributed by atoms with Crippen LogP contribution in [0.3, 0.4) is 0 Å². The maximum Gasteiger partial charge on any atom is 0.176 e. The molecule has 1 N–H and O–H groups in total. The lowest BCUT2D eigenvalue weighted by molar-refractivity contribution is 0.389. The molecule has 4 nitrogen and oxygen atoms in total. The molecule has 0 amide bonds. The van der Waals surface area contributed by atoms with E-state index in [1.807, 2.05) is 6.92 Å². The summed E-state index contributed by atoms with van der Waals surface area (Å²) < 4.78 is 4.76. The fraction of sp³-hybridized carbons (Fsp3) is 0.333. The molecule has 1 aromatic heterocycles. The number of hydrogen-bond donors (Lipinski definition) is 1. The molecule has 0 aliphatic rings. The molecule has 1 heterocycles. The first-order valence-electron chi connectivity index (χ1n) is 2.87. The summed E-state index contributed by atoms with van der Waals surface area (Å²) in [6.07, 6.45) is 1.79. The Bertz CT molecular complexity index is 248. The summed E-state index contributed by atoms with van der Waals surface area (Å²) in [5.41, 5.74) is 0.749. The van der Waals surface area contributed by atoms with Crippen molar-refractivity contribution in [2.45, 2.75) is 13.5 Å². The van der Waals surface area contributed by atoms with Crippen molar-refractivity contribution in [1.29, 1.82) is 5.26 Å². The van der Waals surface area contributed by atoms with Gasteiger partial charge in [-0.2, -0.15) is 5.26 Å². The molecule has 0 aromatic carbocycles. The van der Waals surface area contributed by atoms with Crippen LogP contribution in [0.25, 0.3) is 0 Å². The van der Waals surface area contributed by atoms with Gasteiger partial charge in [-0.15, -0.1) is 0 Å². The van der Waals surface area contributed by atoms with E-state index in [0.717, 1.165) is 11.5 Å². The summed E-state index contributed by atoms with van der Waals surface area (Å²) in [7, 11) is 0. The van der Waals surface area contributed by atoms with Crippen molar-refractivity contribution in [2.75, 3.05) is 0 Å². The van der Waals surface area contributed by atoms with Crippen molar-refractivity contribution < 1.29 is 4.52 Å². The van der Waals surface area contributed by atoms with Crippen LogP contribution in [0, 0.1) is 18.4 Å². The summed E-state index contributed by atoms with van der Waals surface area (Å²) in [4.78, 5) is 0. The van der Waals surface area contributed by atoms with E-state index in [0.29, 0.717) is 6.54 Å². The van der Waals surface area contributed by atoms with Crippen LogP contribution in [0.2, 0.25) is 0 Å². The monoisotopic (exact) mass is 137 g/mol. The van der Waals surface area contributed by atoms with Gasteiger partial charge in [-0.3, -0.25) is 0 Å². The Morgan fingerprint density at radius 1 is 1.90 bits per heavy atom. The molecule has 1 rings (SSSR count). The largest absolute Gasteiger partial charge is 0.361 e. The third-order valence-electron chi connectivity index (χ3n) is 1.03. The first-order chi connectivity index (χ1) is 4.83. The number of aryl methyl sites for hydroxylation is 1. The van der Waals surface area contributed by atoms with Gasteiger partial charge in [-0.25, -0.2) is 0 Å². The van der Waals surface area contributed by atoms with Gasteiger partial charge in [0.1, 0.15) is 11.5 Å². The van der Waals surface area contributed by atoms with Gasteiger partial charge in [0.05, 0.1) is 6.54 Å². The van der Waals surface area contributed by atoms with E-state index in [9.17, 15) is 0 Å². The van der Waals surface area contributed by atoms with Crippen molar-refractivity contribution in [3.05, 3.63) is 17.5 Å². The Morgan fingerprint density at radius 3 is 3.20 bits per heavy atom. The average Bonchev–Trinajstić information content (AvgIpc) is 2.31. The third kappa shape index (κ3) is 1.49. The number of rotatable bonds is 2. The van der Waals surface area contributed by atoms with Crippen LogP contribution in [0.5, 0.6) is 0 Å². The third-order valence-corrected chi connectivity index (χ3v) is 1.03. The molecule has 0 fully saturated rings. The zero-order chi connectivity index (χ0) is 7.40. The fourth-order valence-electron chi connectivity index (χ4n) is 0.631. The number of nitrogens with one attached hydrogen (secondary N) is 1. The summed E-state index contributed by atoms with van der Waals surface area (Å²) >= 11 is 0. The number of nitriles is 1. The van der Waals surface area contributed by atoms with E-state index >= 15 is 0 Å². The lowest BCUT2D eigenvalue weighted by Gasteiger charge is -1.86.